The summed E-state index contributed by atoms with van der Waals surface area (Å²) in [5.74, 6) is 0.210. The molecule has 0 fully saturated rings. The van der Waals surface area contributed by atoms with E-state index in [1.165, 1.54) is 0 Å². The molecule has 0 aromatic heterocycles. The van der Waals surface area contributed by atoms with E-state index in [-0.39, 0.29) is 11.8 Å². The molecule has 0 aliphatic rings. The molecule has 0 radical (unpaired) electrons. The number of carbonyl (C=O) groups excluding carboxylic acids is 2. The van der Waals surface area contributed by atoms with Gasteiger partial charge in [0.25, 0.3) is 11.8 Å². The van der Waals surface area contributed by atoms with Gasteiger partial charge in [-0.15, -0.1) is 0 Å². The molecular formula is C23H21N3O3. The number of hydrogen-bond donors (Lipinski definition) is 2. The monoisotopic (exact) mass is 387 g/mol. The van der Waals surface area contributed by atoms with E-state index in [1.807, 2.05) is 49.4 Å². The predicted octanol–water partition coefficient (Wildman–Crippen LogP) is 4.02. The Morgan fingerprint density at radius 3 is 2.28 bits per heavy atom. The molecule has 3 aromatic rings. The second kappa shape index (κ2) is 9.32. The minimum atomic E-state index is -0.341. The van der Waals surface area contributed by atoms with Crippen molar-refractivity contribution in [2.24, 2.45) is 5.10 Å². The number of nitrogens with zero attached hydrogens (tertiary/aromatic N) is 1. The molecule has 0 aliphatic heterocycles. The summed E-state index contributed by atoms with van der Waals surface area (Å²) in [7, 11) is 1.60. The van der Waals surface area contributed by atoms with Crippen LogP contribution in [0.15, 0.2) is 77.9 Å². The van der Waals surface area contributed by atoms with Crippen molar-refractivity contribution in [2.75, 3.05) is 12.4 Å². The predicted molar refractivity (Wildman–Crippen MR) is 114 cm³/mol. The molecule has 0 saturated heterocycles. The fraction of sp³-hybridized carbons (Fsp3) is 0.0870. The first kappa shape index (κ1) is 19.8. The maximum Gasteiger partial charge on any atom is 0.271 e. The Labute approximate surface area is 169 Å². The van der Waals surface area contributed by atoms with Gasteiger partial charge in [0, 0.05) is 16.8 Å². The zero-order valence-electron chi connectivity index (χ0n) is 16.2. The lowest BCUT2D eigenvalue weighted by Gasteiger charge is -2.07. The normalized spacial score (nSPS) is 10.6. The van der Waals surface area contributed by atoms with Gasteiger partial charge in [0.2, 0.25) is 0 Å². The number of ether oxygens (including phenoxy) is 1. The van der Waals surface area contributed by atoms with Crippen LogP contribution in [-0.2, 0) is 0 Å². The van der Waals surface area contributed by atoms with Gasteiger partial charge in [-0.1, -0.05) is 17.7 Å². The second-order valence-corrected chi connectivity index (χ2v) is 6.37. The molecule has 0 bridgehead atoms. The van der Waals surface area contributed by atoms with Gasteiger partial charge in [-0.3, -0.25) is 9.59 Å². The highest BCUT2D eigenvalue weighted by Gasteiger charge is 2.08. The fourth-order valence-electron chi connectivity index (χ4n) is 2.61. The first-order chi connectivity index (χ1) is 14.0. The minimum Gasteiger partial charge on any atom is -0.497 e. The van der Waals surface area contributed by atoms with E-state index in [4.69, 9.17) is 4.74 Å². The van der Waals surface area contributed by atoms with Crippen LogP contribution in [0.2, 0.25) is 0 Å². The molecule has 3 aromatic carbocycles. The number of anilines is 1. The standard InChI is InChI=1S/C23H21N3O3/c1-16-4-3-5-19(14-16)22(27)25-20-10-8-18(9-11-20)23(28)26-24-15-17-6-12-21(29-2)13-7-17/h3-15H,1-2H3,(H,25,27)(H,26,28). The van der Waals surface area contributed by atoms with Crippen LogP contribution in [-0.4, -0.2) is 25.1 Å². The number of amides is 2. The molecule has 3 rings (SSSR count). The number of benzene rings is 3. The van der Waals surface area contributed by atoms with Crippen molar-refractivity contribution in [3.8, 4) is 5.75 Å². The Balaban J connectivity index is 1.56. The number of hydrogen-bond acceptors (Lipinski definition) is 4. The molecule has 0 atom stereocenters. The van der Waals surface area contributed by atoms with Gasteiger partial charge in [-0.2, -0.15) is 5.10 Å². The Hall–Kier alpha value is -3.93. The van der Waals surface area contributed by atoms with E-state index in [2.05, 4.69) is 15.8 Å². The van der Waals surface area contributed by atoms with Crippen LogP contribution in [0.1, 0.15) is 31.8 Å². The summed E-state index contributed by atoms with van der Waals surface area (Å²) < 4.78 is 5.09. The highest BCUT2D eigenvalue weighted by molar-refractivity contribution is 6.04. The van der Waals surface area contributed by atoms with Gasteiger partial charge in [-0.05, 0) is 73.2 Å². The van der Waals surface area contributed by atoms with Gasteiger partial charge < -0.3 is 10.1 Å². The average Bonchev–Trinajstić information content (AvgIpc) is 2.74. The van der Waals surface area contributed by atoms with Crippen LogP contribution >= 0.6 is 0 Å². The van der Waals surface area contributed by atoms with Crippen molar-refractivity contribution in [1.82, 2.24) is 5.43 Å². The Morgan fingerprint density at radius 2 is 1.62 bits per heavy atom. The second-order valence-electron chi connectivity index (χ2n) is 6.37. The molecule has 0 aliphatic carbocycles. The van der Waals surface area contributed by atoms with Crippen LogP contribution < -0.4 is 15.5 Å². The van der Waals surface area contributed by atoms with Crippen molar-refractivity contribution in [3.05, 3.63) is 95.1 Å². The summed E-state index contributed by atoms with van der Waals surface area (Å²) >= 11 is 0. The summed E-state index contributed by atoms with van der Waals surface area (Å²) in [6.07, 6.45) is 1.55. The first-order valence-corrected chi connectivity index (χ1v) is 9.01. The van der Waals surface area contributed by atoms with Crippen molar-refractivity contribution in [2.45, 2.75) is 6.92 Å². The summed E-state index contributed by atoms with van der Waals surface area (Å²) in [6.45, 7) is 1.93. The number of hydrazone groups is 1. The van der Waals surface area contributed by atoms with Crippen molar-refractivity contribution in [3.63, 3.8) is 0 Å². The van der Waals surface area contributed by atoms with E-state index in [1.54, 1.807) is 43.7 Å². The average molecular weight is 387 g/mol. The van der Waals surface area contributed by atoms with Gasteiger partial charge in [0.05, 0.1) is 13.3 Å². The highest BCUT2D eigenvalue weighted by atomic mass is 16.5. The SMILES string of the molecule is COc1ccc(C=NNC(=O)c2ccc(NC(=O)c3cccc(C)c3)cc2)cc1. The zero-order valence-corrected chi connectivity index (χ0v) is 16.2. The number of rotatable bonds is 6. The molecule has 6 heteroatoms. The summed E-state index contributed by atoms with van der Waals surface area (Å²) in [5.41, 5.74) is 5.95. The molecular weight excluding hydrogens is 366 g/mol. The Kier molecular flexibility index (Phi) is 6.37. The Bertz CT molecular complexity index is 1030. The van der Waals surface area contributed by atoms with Crippen LogP contribution in [0.25, 0.3) is 0 Å². The third kappa shape index (κ3) is 5.52. The molecule has 2 amide bonds. The lowest BCUT2D eigenvalue weighted by atomic mass is 10.1. The zero-order chi connectivity index (χ0) is 20.6. The molecule has 0 spiro atoms. The topological polar surface area (TPSA) is 79.8 Å². The van der Waals surface area contributed by atoms with Gasteiger partial charge in [-0.25, -0.2) is 5.43 Å². The van der Waals surface area contributed by atoms with Gasteiger partial charge >= 0.3 is 0 Å². The molecule has 0 saturated carbocycles. The van der Waals surface area contributed by atoms with E-state index >= 15 is 0 Å². The molecule has 0 heterocycles. The smallest absolute Gasteiger partial charge is 0.271 e. The quantitative estimate of drug-likeness (QED) is 0.495. The van der Waals surface area contributed by atoms with E-state index < -0.39 is 0 Å². The summed E-state index contributed by atoms with van der Waals surface area (Å²) in [5, 5.41) is 6.77. The first-order valence-electron chi connectivity index (χ1n) is 9.01. The number of aryl methyl sites for hydroxylation is 1. The van der Waals surface area contributed by atoms with Crippen LogP contribution in [0.5, 0.6) is 5.75 Å². The minimum absolute atomic E-state index is 0.199. The van der Waals surface area contributed by atoms with E-state index in [0.29, 0.717) is 16.8 Å². The number of carbonyl (C=O) groups is 2. The molecule has 29 heavy (non-hydrogen) atoms. The number of methoxy groups -OCH3 is 1. The lowest BCUT2D eigenvalue weighted by Crippen LogP contribution is -2.17. The fourth-order valence-corrected chi connectivity index (χ4v) is 2.61. The molecule has 6 nitrogen and oxygen atoms in total. The highest BCUT2D eigenvalue weighted by Crippen LogP contribution is 2.13. The lowest BCUT2D eigenvalue weighted by molar-refractivity contribution is 0.0954. The van der Waals surface area contributed by atoms with Crippen molar-refractivity contribution < 1.29 is 14.3 Å². The molecule has 0 unspecified atom stereocenters. The van der Waals surface area contributed by atoms with Crippen LogP contribution in [0.3, 0.4) is 0 Å². The third-order valence-electron chi connectivity index (χ3n) is 4.18. The van der Waals surface area contributed by atoms with E-state index in [0.717, 1.165) is 16.9 Å². The largest absolute Gasteiger partial charge is 0.497 e. The summed E-state index contributed by atoms with van der Waals surface area (Å²) in [6, 6.07) is 21.2. The maximum atomic E-state index is 12.3. The number of nitrogens with one attached hydrogen (secondary N) is 2. The third-order valence-corrected chi connectivity index (χ3v) is 4.18. The molecule has 146 valence electrons. The molecule has 2 N–H and O–H groups in total. The van der Waals surface area contributed by atoms with Gasteiger partial charge in [0.15, 0.2) is 0 Å². The van der Waals surface area contributed by atoms with Crippen LogP contribution in [0.4, 0.5) is 5.69 Å². The summed E-state index contributed by atoms with van der Waals surface area (Å²) in [4.78, 5) is 24.5. The van der Waals surface area contributed by atoms with E-state index in [9.17, 15) is 9.59 Å². The Morgan fingerprint density at radius 1 is 0.897 bits per heavy atom. The van der Waals surface area contributed by atoms with Gasteiger partial charge in [0.1, 0.15) is 5.75 Å². The maximum absolute atomic E-state index is 12.3. The van der Waals surface area contributed by atoms with Crippen molar-refractivity contribution in [1.29, 1.82) is 0 Å². The van der Waals surface area contributed by atoms with Crippen molar-refractivity contribution >= 4 is 23.7 Å². The van der Waals surface area contributed by atoms with Crippen LogP contribution in [0, 0.1) is 6.92 Å².